The van der Waals surface area contributed by atoms with Crippen LogP contribution in [0, 0.1) is 0 Å². The highest BCUT2D eigenvalue weighted by atomic mass is 16.5. The molecule has 0 bridgehead atoms. The van der Waals surface area contributed by atoms with Gasteiger partial charge in [-0.3, -0.25) is 9.59 Å². The van der Waals surface area contributed by atoms with Crippen LogP contribution in [-0.4, -0.2) is 36.8 Å². The fraction of sp³-hybridized carbons (Fsp3) is 0.474. The quantitative estimate of drug-likeness (QED) is 0.670. The number of carbonyl (C=O) groups excluding carboxylic acids is 1. The highest BCUT2D eigenvalue weighted by Gasteiger charge is 2.07. The Morgan fingerprint density at radius 2 is 2.00 bits per heavy atom. The van der Waals surface area contributed by atoms with E-state index in [-0.39, 0.29) is 11.5 Å². The standard InChI is InChI=1S/C19H26N2O4/c1-3-24-12-7-11-20-18(22)10-6-13-25-17-14-19(23)21(2)16-9-5-4-8-15(16)17/h4-5,8-9,14H,3,6-7,10-13H2,1-2H3,(H,20,22). The Balaban J connectivity index is 1.79. The van der Waals surface area contributed by atoms with E-state index in [4.69, 9.17) is 9.47 Å². The summed E-state index contributed by atoms with van der Waals surface area (Å²) in [5, 5.41) is 3.75. The minimum absolute atomic E-state index is 0.00827. The summed E-state index contributed by atoms with van der Waals surface area (Å²) in [4.78, 5) is 23.7. The van der Waals surface area contributed by atoms with Crippen LogP contribution in [0.1, 0.15) is 26.2 Å². The second kappa shape index (κ2) is 9.84. The number of benzene rings is 1. The fourth-order valence-corrected chi connectivity index (χ4v) is 2.55. The van der Waals surface area contributed by atoms with Crippen LogP contribution in [-0.2, 0) is 16.6 Å². The number of fused-ring (bicyclic) bond motifs is 1. The largest absolute Gasteiger partial charge is 0.493 e. The summed E-state index contributed by atoms with van der Waals surface area (Å²) >= 11 is 0. The van der Waals surface area contributed by atoms with Crippen LogP contribution >= 0.6 is 0 Å². The van der Waals surface area contributed by atoms with Crippen LogP contribution in [0.4, 0.5) is 0 Å². The van der Waals surface area contributed by atoms with Gasteiger partial charge in [-0.2, -0.15) is 0 Å². The zero-order valence-electron chi connectivity index (χ0n) is 14.9. The van der Waals surface area contributed by atoms with Crippen molar-refractivity contribution in [3.05, 3.63) is 40.7 Å². The molecule has 1 aromatic heterocycles. The van der Waals surface area contributed by atoms with E-state index in [1.54, 1.807) is 11.6 Å². The topological polar surface area (TPSA) is 69.6 Å². The number of carbonyl (C=O) groups is 1. The lowest BCUT2D eigenvalue weighted by Crippen LogP contribution is -2.25. The van der Waals surface area contributed by atoms with Gasteiger partial charge >= 0.3 is 0 Å². The molecule has 25 heavy (non-hydrogen) atoms. The summed E-state index contributed by atoms with van der Waals surface area (Å²) in [6, 6.07) is 9.11. The third kappa shape index (κ3) is 5.60. The lowest BCUT2D eigenvalue weighted by atomic mass is 10.2. The number of nitrogens with one attached hydrogen (secondary N) is 1. The molecule has 1 amide bonds. The number of amides is 1. The van der Waals surface area contributed by atoms with Gasteiger partial charge in [-0.15, -0.1) is 0 Å². The van der Waals surface area contributed by atoms with Gasteiger partial charge in [0.05, 0.1) is 12.1 Å². The number of nitrogens with zero attached hydrogens (tertiary/aromatic N) is 1. The highest BCUT2D eigenvalue weighted by Crippen LogP contribution is 2.23. The molecule has 1 N–H and O–H groups in total. The molecule has 0 aliphatic carbocycles. The molecule has 2 rings (SSSR count). The number of hydrogen-bond acceptors (Lipinski definition) is 4. The number of pyridine rings is 1. The van der Waals surface area contributed by atoms with Crippen molar-refractivity contribution in [1.29, 1.82) is 0 Å². The van der Waals surface area contributed by atoms with E-state index in [9.17, 15) is 9.59 Å². The number of aryl methyl sites for hydroxylation is 1. The third-order valence-corrected chi connectivity index (χ3v) is 3.91. The molecular weight excluding hydrogens is 320 g/mol. The minimum Gasteiger partial charge on any atom is -0.493 e. The molecule has 2 aromatic rings. The predicted octanol–water partition coefficient (Wildman–Crippen LogP) is 2.24. The number of aromatic nitrogens is 1. The average Bonchev–Trinajstić information content (AvgIpc) is 2.62. The Labute approximate surface area is 147 Å². The van der Waals surface area contributed by atoms with E-state index in [1.165, 1.54) is 6.07 Å². The molecule has 0 spiro atoms. The summed E-state index contributed by atoms with van der Waals surface area (Å²) in [7, 11) is 1.74. The molecular formula is C19H26N2O4. The maximum atomic E-state index is 12.0. The van der Waals surface area contributed by atoms with Gasteiger partial charge in [0.25, 0.3) is 5.56 Å². The Hall–Kier alpha value is -2.34. The van der Waals surface area contributed by atoms with E-state index in [0.29, 0.717) is 45.0 Å². The van der Waals surface area contributed by atoms with E-state index in [2.05, 4.69) is 5.32 Å². The van der Waals surface area contributed by atoms with Crippen molar-refractivity contribution in [2.75, 3.05) is 26.4 Å². The molecule has 0 fully saturated rings. The van der Waals surface area contributed by atoms with E-state index < -0.39 is 0 Å². The number of hydrogen-bond donors (Lipinski definition) is 1. The summed E-state index contributed by atoms with van der Waals surface area (Å²) in [5.74, 6) is 0.574. The van der Waals surface area contributed by atoms with Crippen LogP contribution in [0.15, 0.2) is 35.1 Å². The van der Waals surface area contributed by atoms with E-state index in [0.717, 1.165) is 17.3 Å². The van der Waals surface area contributed by atoms with Crippen LogP contribution in [0.2, 0.25) is 0 Å². The van der Waals surface area contributed by atoms with Gasteiger partial charge in [0.15, 0.2) is 0 Å². The van der Waals surface area contributed by atoms with Crippen LogP contribution in [0.3, 0.4) is 0 Å². The Bertz CT molecular complexity index is 755. The lowest BCUT2D eigenvalue weighted by Gasteiger charge is -2.11. The molecule has 0 unspecified atom stereocenters. The highest BCUT2D eigenvalue weighted by molar-refractivity contribution is 5.85. The molecule has 0 radical (unpaired) electrons. The Morgan fingerprint density at radius 3 is 2.80 bits per heavy atom. The molecule has 0 saturated heterocycles. The number of para-hydroxylation sites is 1. The van der Waals surface area contributed by atoms with Crippen molar-refractivity contribution in [3.63, 3.8) is 0 Å². The first kappa shape index (κ1) is 19.0. The molecule has 0 aliphatic heterocycles. The van der Waals surface area contributed by atoms with Gasteiger partial charge in [-0.25, -0.2) is 0 Å². The second-order valence-electron chi connectivity index (χ2n) is 5.78. The van der Waals surface area contributed by atoms with Crippen LogP contribution < -0.4 is 15.6 Å². The molecule has 0 atom stereocenters. The SMILES string of the molecule is CCOCCCNC(=O)CCCOc1cc(=O)n(C)c2ccccc12. The molecule has 0 aliphatic rings. The maximum absolute atomic E-state index is 12.0. The first-order valence-corrected chi connectivity index (χ1v) is 8.69. The van der Waals surface area contributed by atoms with Gasteiger partial charge in [-0.1, -0.05) is 12.1 Å². The Morgan fingerprint density at radius 1 is 1.20 bits per heavy atom. The summed E-state index contributed by atoms with van der Waals surface area (Å²) in [6.07, 6.45) is 1.81. The van der Waals surface area contributed by atoms with Gasteiger partial charge < -0.3 is 19.4 Å². The van der Waals surface area contributed by atoms with Gasteiger partial charge in [0, 0.05) is 44.7 Å². The monoisotopic (exact) mass is 346 g/mol. The van der Waals surface area contributed by atoms with Gasteiger partial charge in [-0.05, 0) is 31.9 Å². The normalized spacial score (nSPS) is 10.8. The maximum Gasteiger partial charge on any atom is 0.254 e. The third-order valence-electron chi connectivity index (χ3n) is 3.91. The average molecular weight is 346 g/mol. The molecule has 136 valence electrons. The molecule has 6 nitrogen and oxygen atoms in total. The first-order chi connectivity index (χ1) is 12.1. The van der Waals surface area contributed by atoms with Crippen molar-refractivity contribution in [2.45, 2.75) is 26.2 Å². The molecule has 6 heteroatoms. The summed E-state index contributed by atoms with van der Waals surface area (Å²) in [5.41, 5.74) is 0.720. The Kier molecular flexibility index (Phi) is 7.47. The van der Waals surface area contributed by atoms with Crippen molar-refractivity contribution < 1.29 is 14.3 Å². The minimum atomic E-state index is -0.110. The predicted molar refractivity (Wildman–Crippen MR) is 98.0 cm³/mol. The van der Waals surface area contributed by atoms with E-state index in [1.807, 2.05) is 31.2 Å². The zero-order valence-corrected chi connectivity index (χ0v) is 14.9. The molecule has 0 saturated carbocycles. The number of rotatable bonds is 10. The van der Waals surface area contributed by atoms with Crippen molar-refractivity contribution in [3.8, 4) is 5.75 Å². The van der Waals surface area contributed by atoms with Gasteiger partial charge in [0.2, 0.25) is 5.91 Å². The molecule has 1 heterocycles. The van der Waals surface area contributed by atoms with Gasteiger partial charge in [0.1, 0.15) is 5.75 Å². The van der Waals surface area contributed by atoms with Crippen LogP contribution in [0.25, 0.3) is 10.9 Å². The summed E-state index contributed by atoms with van der Waals surface area (Å²) < 4.78 is 12.6. The lowest BCUT2D eigenvalue weighted by molar-refractivity contribution is -0.121. The first-order valence-electron chi connectivity index (χ1n) is 8.69. The summed E-state index contributed by atoms with van der Waals surface area (Å²) in [6.45, 7) is 4.32. The fourth-order valence-electron chi connectivity index (χ4n) is 2.55. The van der Waals surface area contributed by atoms with Crippen molar-refractivity contribution >= 4 is 16.8 Å². The van der Waals surface area contributed by atoms with Crippen LogP contribution in [0.5, 0.6) is 5.75 Å². The second-order valence-corrected chi connectivity index (χ2v) is 5.78. The molecule has 1 aromatic carbocycles. The number of ether oxygens (including phenoxy) is 2. The van der Waals surface area contributed by atoms with E-state index >= 15 is 0 Å². The van der Waals surface area contributed by atoms with Crippen molar-refractivity contribution in [2.24, 2.45) is 7.05 Å². The zero-order chi connectivity index (χ0) is 18.1. The van der Waals surface area contributed by atoms with Crippen molar-refractivity contribution in [1.82, 2.24) is 9.88 Å². The smallest absolute Gasteiger partial charge is 0.254 e.